The minimum Gasteiger partial charge on any atom is -0.507 e. The Balaban J connectivity index is 1.97. The van der Waals surface area contributed by atoms with Gasteiger partial charge in [-0.3, -0.25) is 14.4 Å². The largest absolute Gasteiger partial charge is 0.507 e. The number of aromatic hydroxyl groups is 4. The Morgan fingerprint density at radius 1 is 0.914 bits per heavy atom. The molecule has 1 heterocycles. The summed E-state index contributed by atoms with van der Waals surface area (Å²) >= 11 is 0. The Morgan fingerprint density at radius 2 is 1.54 bits per heavy atom. The summed E-state index contributed by atoms with van der Waals surface area (Å²) in [6.45, 7) is 0.395. The summed E-state index contributed by atoms with van der Waals surface area (Å²) in [5.41, 5.74) is -3.33. The molecule has 0 aromatic heterocycles. The van der Waals surface area contributed by atoms with Gasteiger partial charge in [0.05, 0.1) is 23.3 Å². The number of rotatable bonds is 4. The Hall–Kier alpha value is -3.75. The van der Waals surface area contributed by atoms with Crippen LogP contribution in [0.5, 0.6) is 28.7 Å². The van der Waals surface area contributed by atoms with Crippen LogP contribution >= 0.6 is 0 Å². The SMILES string of the molecule is Cc1c(OC=O)c(O)cc2c1C(=O)c1c(O)c(C3OC(CO)C(O)C(O)C3O)c(O)c(O)c1C2=O. The molecule has 2 aromatic rings. The smallest absolute Gasteiger partial charge is 0.298 e. The molecule has 13 heteroatoms. The van der Waals surface area contributed by atoms with E-state index in [1.54, 1.807) is 0 Å². The number of hydrogen-bond donors (Lipinski definition) is 8. The molecular formula is C22H20O13. The van der Waals surface area contributed by atoms with Crippen molar-refractivity contribution in [1.29, 1.82) is 0 Å². The Morgan fingerprint density at radius 3 is 2.14 bits per heavy atom. The van der Waals surface area contributed by atoms with Crippen molar-refractivity contribution in [2.75, 3.05) is 6.61 Å². The molecule has 1 fully saturated rings. The van der Waals surface area contributed by atoms with Gasteiger partial charge in [0, 0.05) is 16.7 Å². The lowest BCUT2D eigenvalue weighted by Crippen LogP contribution is -2.55. The number of phenolic OH excluding ortho intramolecular Hbond substituents is 4. The summed E-state index contributed by atoms with van der Waals surface area (Å²) in [5.74, 6) is -6.66. The van der Waals surface area contributed by atoms with Crippen molar-refractivity contribution in [3.8, 4) is 28.7 Å². The van der Waals surface area contributed by atoms with Gasteiger partial charge in [-0.15, -0.1) is 0 Å². The highest BCUT2D eigenvalue weighted by molar-refractivity contribution is 6.31. The highest BCUT2D eigenvalue weighted by atomic mass is 16.5. The van der Waals surface area contributed by atoms with E-state index in [1.807, 2.05) is 0 Å². The van der Waals surface area contributed by atoms with Crippen LogP contribution in [0.2, 0.25) is 0 Å². The average Bonchev–Trinajstić information content (AvgIpc) is 2.82. The van der Waals surface area contributed by atoms with E-state index in [0.29, 0.717) is 0 Å². The van der Waals surface area contributed by atoms with Gasteiger partial charge in [-0.2, -0.15) is 0 Å². The van der Waals surface area contributed by atoms with Gasteiger partial charge in [0.2, 0.25) is 0 Å². The van der Waals surface area contributed by atoms with Crippen molar-refractivity contribution in [3.05, 3.63) is 39.4 Å². The molecule has 0 spiro atoms. The van der Waals surface area contributed by atoms with Gasteiger partial charge in [-0.25, -0.2) is 0 Å². The topological polar surface area (TPSA) is 232 Å². The first-order valence-corrected chi connectivity index (χ1v) is 10.1. The molecule has 0 bridgehead atoms. The van der Waals surface area contributed by atoms with Crippen LogP contribution in [0.1, 0.15) is 49.1 Å². The van der Waals surface area contributed by atoms with Crippen LogP contribution in [0, 0.1) is 6.92 Å². The van der Waals surface area contributed by atoms with Crippen LogP contribution in [-0.4, -0.2) is 89.9 Å². The molecule has 35 heavy (non-hydrogen) atoms. The molecule has 1 saturated heterocycles. The third-order valence-electron chi connectivity index (χ3n) is 6.23. The van der Waals surface area contributed by atoms with Gasteiger partial charge in [-0.1, -0.05) is 0 Å². The number of hydrogen-bond acceptors (Lipinski definition) is 13. The molecule has 0 amide bonds. The number of phenols is 4. The van der Waals surface area contributed by atoms with Crippen LogP contribution in [-0.2, 0) is 9.53 Å². The first kappa shape index (κ1) is 24.4. The van der Waals surface area contributed by atoms with Gasteiger partial charge in [0.25, 0.3) is 6.47 Å². The summed E-state index contributed by atoms with van der Waals surface area (Å²) in [4.78, 5) is 37.4. The van der Waals surface area contributed by atoms with E-state index in [9.17, 15) is 55.2 Å². The predicted octanol–water partition coefficient (Wildman–Crippen LogP) is -1.36. The van der Waals surface area contributed by atoms with Crippen molar-refractivity contribution in [2.24, 2.45) is 0 Å². The van der Waals surface area contributed by atoms with Crippen molar-refractivity contribution in [3.63, 3.8) is 0 Å². The molecule has 8 N–H and O–H groups in total. The summed E-state index contributed by atoms with van der Waals surface area (Å²) < 4.78 is 10.0. The van der Waals surface area contributed by atoms with Gasteiger partial charge in [0.1, 0.15) is 36.3 Å². The Kier molecular flexibility index (Phi) is 5.91. The number of ketones is 2. The maximum atomic E-state index is 13.4. The van der Waals surface area contributed by atoms with Crippen molar-refractivity contribution >= 4 is 18.0 Å². The van der Waals surface area contributed by atoms with E-state index in [2.05, 4.69) is 4.74 Å². The van der Waals surface area contributed by atoms with E-state index < -0.39 is 99.7 Å². The molecule has 5 atom stereocenters. The Bertz CT molecular complexity index is 1270. The van der Waals surface area contributed by atoms with Crippen LogP contribution in [0.4, 0.5) is 0 Å². The maximum Gasteiger partial charge on any atom is 0.298 e. The zero-order chi connectivity index (χ0) is 25.9. The Labute approximate surface area is 195 Å². The predicted molar refractivity (Wildman–Crippen MR) is 111 cm³/mol. The molecule has 5 unspecified atom stereocenters. The fraction of sp³-hybridized carbons (Fsp3) is 0.318. The third-order valence-corrected chi connectivity index (χ3v) is 6.23. The molecule has 186 valence electrons. The summed E-state index contributed by atoms with van der Waals surface area (Å²) in [7, 11) is 0. The molecular weight excluding hydrogens is 472 g/mol. The van der Waals surface area contributed by atoms with Crippen LogP contribution in [0.3, 0.4) is 0 Å². The van der Waals surface area contributed by atoms with Crippen molar-refractivity contribution in [2.45, 2.75) is 37.4 Å². The van der Waals surface area contributed by atoms with E-state index in [4.69, 9.17) is 4.74 Å². The lowest BCUT2D eigenvalue weighted by Gasteiger charge is -2.40. The van der Waals surface area contributed by atoms with Gasteiger partial charge in [-0.05, 0) is 13.0 Å². The number of carbonyl (C=O) groups excluding carboxylic acids is 3. The highest BCUT2D eigenvalue weighted by Gasteiger charge is 2.48. The van der Waals surface area contributed by atoms with E-state index in [1.165, 1.54) is 6.92 Å². The molecule has 13 nitrogen and oxygen atoms in total. The molecule has 0 radical (unpaired) electrons. The first-order chi connectivity index (χ1) is 16.5. The van der Waals surface area contributed by atoms with Gasteiger partial charge < -0.3 is 50.3 Å². The third kappa shape index (κ3) is 3.32. The van der Waals surface area contributed by atoms with Crippen molar-refractivity contribution in [1.82, 2.24) is 0 Å². The second-order valence-corrected chi connectivity index (χ2v) is 8.10. The molecule has 1 aliphatic heterocycles. The van der Waals surface area contributed by atoms with Gasteiger partial charge in [0.15, 0.2) is 34.6 Å². The number of ether oxygens (including phenoxy) is 2. The lowest BCUT2D eigenvalue weighted by molar-refractivity contribution is -0.232. The molecule has 2 aromatic carbocycles. The van der Waals surface area contributed by atoms with E-state index >= 15 is 0 Å². The molecule has 1 aliphatic carbocycles. The minimum absolute atomic E-state index is 0.0178. The summed E-state index contributed by atoms with van der Waals surface area (Å²) in [6.07, 6.45) is -9.02. The van der Waals surface area contributed by atoms with Crippen LogP contribution in [0.15, 0.2) is 6.07 Å². The number of carbonyl (C=O) groups is 3. The second kappa shape index (κ2) is 8.48. The summed E-state index contributed by atoms with van der Waals surface area (Å²) in [6, 6.07) is 0.823. The molecule has 4 rings (SSSR count). The lowest BCUT2D eigenvalue weighted by atomic mass is 9.78. The standard InChI is InChI=1S/C22H20O13/c1-5-9-6(2-7(25)21(5)34-4-24)13(26)10-11(15(9)28)16(29)12(18(31)17(10)30)22-20(33)19(32)14(27)8(3-23)35-22/h2,4,8,14,19-20,22-23,25,27,29-33H,3H2,1H3. The minimum atomic E-state index is -2.00. The molecule has 0 saturated carbocycles. The van der Waals surface area contributed by atoms with Crippen LogP contribution in [0.25, 0.3) is 0 Å². The average molecular weight is 492 g/mol. The van der Waals surface area contributed by atoms with E-state index in [-0.39, 0.29) is 17.6 Å². The first-order valence-electron chi connectivity index (χ1n) is 10.1. The number of fused-ring (bicyclic) bond motifs is 2. The number of aliphatic hydroxyl groups excluding tert-OH is 4. The fourth-order valence-electron chi connectivity index (χ4n) is 4.49. The van der Waals surface area contributed by atoms with Crippen LogP contribution < -0.4 is 4.74 Å². The van der Waals surface area contributed by atoms with Gasteiger partial charge >= 0.3 is 0 Å². The highest BCUT2D eigenvalue weighted by Crippen LogP contribution is 2.52. The maximum absolute atomic E-state index is 13.4. The van der Waals surface area contributed by atoms with Crippen molar-refractivity contribution < 1.29 is 64.7 Å². The second-order valence-electron chi connectivity index (χ2n) is 8.10. The number of benzene rings is 2. The normalized spacial score (nSPS) is 25.7. The zero-order valence-electron chi connectivity index (χ0n) is 17.9. The summed E-state index contributed by atoms with van der Waals surface area (Å²) in [5, 5.41) is 82.3. The fourth-order valence-corrected chi connectivity index (χ4v) is 4.49. The molecule has 2 aliphatic rings. The monoisotopic (exact) mass is 492 g/mol. The zero-order valence-corrected chi connectivity index (χ0v) is 17.9. The quantitative estimate of drug-likeness (QED) is 0.120. The van der Waals surface area contributed by atoms with E-state index in [0.717, 1.165) is 6.07 Å². The number of aliphatic hydroxyl groups is 4.